The summed E-state index contributed by atoms with van der Waals surface area (Å²) in [6, 6.07) is 27.3. The molecule has 3 aromatic carbocycles. The molecule has 5 rings (SSSR count). The molecule has 1 aliphatic heterocycles. The smallest absolute Gasteiger partial charge is 0.282 e. The topological polar surface area (TPSA) is 40.6 Å². The fourth-order valence-electron chi connectivity index (χ4n) is 4.07. The normalized spacial score (nSPS) is 14.0. The van der Waals surface area contributed by atoms with E-state index in [0.29, 0.717) is 23.5 Å². The summed E-state index contributed by atoms with van der Waals surface area (Å²) in [5.41, 5.74) is 2.59. The maximum Gasteiger partial charge on any atom is 0.282 e. The third-order valence-electron chi connectivity index (χ3n) is 5.48. The zero-order valence-corrected chi connectivity index (χ0v) is 17.8. The molecule has 0 saturated heterocycles. The lowest BCUT2D eigenvalue weighted by Crippen LogP contribution is -2.34. The molecule has 0 saturated carbocycles. The highest BCUT2D eigenvalue weighted by Crippen LogP contribution is 2.38. The SMILES string of the molecule is CN(Cc1ccccc1)C1=C(c2cccs2)C(=O)N(c2cccc3ccccc23)C1=O. The summed E-state index contributed by atoms with van der Waals surface area (Å²) in [5, 5.41) is 3.80. The molecule has 0 spiro atoms. The van der Waals surface area contributed by atoms with Crippen LogP contribution in [0.2, 0.25) is 0 Å². The number of benzene rings is 3. The number of hydrogen-bond acceptors (Lipinski definition) is 4. The standard InChI is InChI=1S/C26H20N2O2S/c1-27(17-18-9-3-2-4-10-18)24-23(22-15-8-16-31-22)25(29)28(26(24)30)21-14-7-12-19-11-5-6-13-20(19)21/h2-16H,17H2,1H3. The second kappa shape index (κ2) is 7.85. The average molecular weight is 425 g/mol. The number of thiophene rings is 1. The number of rotatable bonds is 5. The first kappa shape index (κ1) is 19.3. The average Bonchev–Trinajstić information content (AvgIpc) is 3.40. The van der Waals surface area contributed by atoms with Crippen LogP contribution < -0.4 is 4.90 Å². The Balaban J connectivity index is 1.62. The van der Waals surface area contributed by atoms with Crippen LogP contribution in [-0.4, -0.2) is 23.8 Å². The van der Waals surface area contributed by atoms with Gasteiger partial charge in [0.15, 0.2) is 0 Å². The van der Waals surface area contributed by atoms with Gasteiger partial charge < -0.3 is 4.90 Å². The summed E-state index contributed by atoms with van der Waals surface area (Å²) in [7, 11) is 1.87. The van der Waals surface area contributed by atoms with Gasteiger partial charge in [0.25, 0.3) is 11.8 Å². The number of carbonyl (C=O) groups is 2. The molecule has 0 bridgehead atoms. The molecule has 0 unspecified atom stereocenters. The van der Waals surface area contributed by atoms with Gasteiger partial charge in [0.2, 0.25) is 0 Å². The van der Waals surface area contributed by atoms with Crippen LogP contribution in [0, 0.1) is 0 Å². The number of anilines is 1. The summed E-state index contributed by atoms with van der Waals surface area (Å²) < 4.78 is 0. The first-order chi connectivity index (χ1) is 15.1. The third-order valence-corrected chi connectivity index (χ3v) is 6.37. The number of imide groups is 1. The molecule has 152 valence electrons. The van der Waals surface area contributed by atoms with E-state index in [0.717, 1.165) is 21.2 Å². The highest BCUT2D eigenvalue weighted by molar-refractivity contribution is 7.11. The van der Waals surface area contributed by atoms with Crippen molar-refractivity contribution < 1.29 is 9.59 Å². The Kier molecular flexibility index (Phi) is 4.88. The molecule has 2 amide bonds. The van der Waals surface area contributed by atoms with E-state index in [2.05, 4.69) is 0 Å². The summed E-state index contributed by atoms with van der Waals surface area (Å²) >= 11 is 1.47. The van der Waals surface area contributed by atoms with Gasteiger partial charge in [-0.1, -0.05) is 72.8 Å². The zero-order valence-electron chi connectivity index (χ0n) is 17.0. The van der Waals surface area contributed by atoms with Crippen LogP contribution >= 0.6 is 11.3 Å². The Morgan fingerprint density at radius 3 is 2.32 bits per heavy atom. The fraction of sp³-hybridized carbons (Fsp3) is 0.0769. The van der Waals surface area contributed by atoms with Crippen molar-refractivity contribution in [1.82, 2.24) is 4.90 Å². The van der Waals surface area contributed by atoms with Crippen LogP contribution in [-0.2, 0) is 16.1 Å². The minimum Gasteiger partial charge on any atom is -0.365 e. The molecule has 0 atom stereocenters. The predicted molar refractivity (Wildman–Crippen MR) is 126 cm³/mol. The Morgan fingerprint density at radius 1 is 0.806 bits per heavy atom. The van der Waals surface area contributed by atoms with Crippen molar-refractivity contribution in [1.29, 1.82) is 0 Å². The number of nitrogens with zero attached hydrogens (tertiary/aromatic N) is 2. The number of amides is 2. The van der Waals surface area contributed by atoms with Crippen LogP contribution in [0.3, 0.4) is 0 Å². The molecule has 4 aromatic rings. The lowest BCUT2D eigenvalue weighted by atomic mass is 10.1. The highest BCUT2D eigenvalue weighted by atomic mass is 32.1. The minimum absolute atomic E-state index is 0.279. The molecule has 2 heterocycles. The predicted octanol–water partition coefficient (Wildman–Crippen LogP) is 5.32. The van der Waals surface area contributed by atoms with E-state index in [1.807, 2.05) is 102 Å². The van der Waals surface area contributed by atoms with Crippen LogP contribution in [0.5, 0.6) is 0 Å². The molecule has 0 fully saturated rings. The number of carbonyl (C=O) groups excluding carboxylic acids is 2. The van der Waals surface area contributed by atoms with Gasteiger partial charge in [-0.3, -0.25) is 9.59 Å². The summed E-state index contributed by atoms with van der Waals surface area (Å²) in [5.74, 6) is -0.568. The molecule has 0 aliphatic carbocycles. The Morgan fingerprint density at radius 2 is 1.55 bits per heavy atom. The summed E-state index contributed by atoms with van der Waals surface area (Å²) in [4.78, 5) is 31.4. The van der Waals surface area contributed by atoms with Gasteiger partial charge in [-0.2, -0.15) is 0 Å². The molecular formula is C26H20N2O2S. The summed E-state index contributed by atoms with van der Waals surface area (Å²) in [6.07, 6.45) is 0. The van der Waals surface area contributed by atoms with E-state index in [4.69, 9.17) is 0 Å². The number of likely N-dealkylation sites (N-methyl/N-ethyl adjacent to an activating group) is 1. The largest absolute Gasteiger partial charge is 0.365 e. The van der Waals surface area contributed by atoms with E-state index in [9.17, 15) is 9.59 Å². The second-order valence-corrected chi connectivity index (χ2v) is 8.43. The molecule has 1 aliphatic rings. The van der Waals surface area contributed by atoms with Crippen molar-refractivity contribution >= 4 is 45.2 Å². The molecular weight excluding hydrogens is 404 g/mol. The zero-order chi connectivity index (χ0) is 21.4. The van der Waals surface area contributed by atoms with E-state index in [-0.39, 0.29) is 11.8 Å². The Bertz CT molecular complexity index is 1300. The van der Waals surface area contributed by atoms with Gasteiger partial charge in [0.1, 0.15) is 5.70 Å². The molecule has 0 N–H and O–H groups in total. The second-order valence-electron chi connectivity index (χ2n) is 7.49. The van der Waals surface area contributed by atoms with Crippen molar-refractivity contribution in [2.24, 2.45) is 0 Å². The van der Waals surface area contributed by atoms with Crippen LogP contribution in [0.1, 0.15) is 10.4 Å². The van der Waals surface area contributed by atoms with Gasteiger partial charge in [-0.05, 0) is 28.5 Å². The molecule has 31 heavy (non-hydrogen) atoms. The van der Waals surface area contributed by atoms with E-state index in [1.54, 1.807) is 0 Å². The quantitative estimate of drug-likeness (QED) is 0.407. The van der Waals surface area contributed by atoms with Gasteiger partial charge >= 0.3 is 0 Å². The molecule has 1 aromatic heterocycles. The maximum absolute atomic E-state index is 13.7. The van der Waals surface area contributed by atoms with Crippen molar-refractivity contribution in [3.8, 4) is 0 Å². The monoisotopic (exact) mass is 424 g/mol. The van der Waals surface area contributed by atoms with Crippen LogP contribution in [0.4, 0.5) is 5.69 Å². The minimum atomic E-state index is -0.289. The first-order valence-electron chi connectivity index (χ1n) is 10.0. The van der Waals surface area contributed by atoms with E-state index >= 15 is 0 Å². The van der Waals surface area contributed by atoms with Crippen LogP contribution in [0.25, 0.3) is 16.3 Å². The molecule has 4 nitrogen and oxygen atoms in total. The highest BCUT2D eigenvalue weighted by Gasteiger charge is 2.42. The van der Waals surface area contributed by atoms with Crippen molar-refractivity contribution in [2.45, 2.75) is 6.54 Å². The first-order valence-corrected chi connectivity index (χ1v) is 10.9. The fourth-order valence-corrected chi connectivity index (χ4v) is 4.84. The lowest BCUT2D eigenvalue weighted by molar-refractivity contribution is -0.120. The van der Waals surface area contributed by atoms with Gasteiger partial charge in [-0.25, -0.2) is 4.90 Å². The van der Waals surface area contributed by atoms with E-state index < -0.39 is 0 Å². The Labute approximate surface area is 184 Å². The van der Waals surface area contributed by atoms with Gasteiger partial charge in [-0.15, -0.1) is 11.3 Å². The Hall–Kier alpha value is -3.70. The van der Waals surface area contributed by atoms with Gasteiger partial charge in [0.05, 0.1) is 11.3 Å². The van der Waals surface area contributed by atoms with Crippen molar-refractivity contribution in [3.63, 3.8) is 0 Å². The van der Waals surface area contributed by atoms with Gasteiger partial charge in [0, 0.05) is 23.9 Å². The van der Waals surface area contributed by atoms with Crippen molar-refractivity contribution in [2.75, 3.05) is 11.9 Å². The number of fused-ring (bicyclic) bond motifs is 1. The van der Waals surface area contributed by atoms with Crippen LogP contribution in [0.15, 0.2) is 96.0 Å². The summed E-state index contributed by atoms with van der Waals surface area (Å²) in [6.45, 7) is 0.535. The molecule has 5 heteroatoms. The molecule has 0 radical (unpaired) electrons. The van der Waals surface area contributed by atoms with Crippen molar-refractivity contribution in [3.05, 3.63) is 106 Å². The van der Waals surface area contributed by atoms with E-state index in [1.165, 1.54) is 16.2 Å². The third kappa shape index (κ3) is 3.33. The number of hydrogen-bond donors (Lipinski definition) is 0. The lowest BCUT2D eigenvalue weighted by Gasteiger charge is -2.22. The maximum atomic E-state index is 13.7.